The molecule has 17 heavy (non-hydrogen) atoms. The van der Waals surface area contributed by atoms with E-state index < -0.39 is 6.10 Å². The Morgan fingerprint density at radius 3 is 2.88 bits per heavy atom. The Morgan fingerprint density at radius 1 is 1.41 bits per heavy atom. The molecule has 2 atom stereocenters. The molecular formula is C13H17NO3. The quantitative estimate of drug-likeness (QED) is 0.813. The molecule has 1 heterocycles. The minimum Gasteiger partial charge on any atom is -0.485 e. The SMILES string of the molecule is Cc1ccc(OC2CCCCC2O)c(C=O)n1. The van der Waals surface area contributed by atoms with Gasteiger partial charge in [0.2, 0.25) is 0 Å². The molecule has 92 valence electrons. The first-order chi connectivity index (χ1) is 8.20. The molecule has 1 N–H and O–H groups in total. The first-order valence-electron chi connectivity index (χ1n) is 5.98. The van der Waals surface area contributed by atoms with E-state index in [1.165, 1.54) is 0 Å². The van der Waals surface area contributed by atoms with Gasteiger partial charge in [-0.15, -0.1) is 0 Å². The third-order valence-electron chi connectivity index (χ3n) is 3.08. The molecule has 0 spiro atoms. The number of ether oxygens (including phenoxy) is 1. The van der Waals surface area contributed by atoms with Crippen LogP contribution >= 0.6 is 0 Å². The number of carbonyl (C=O) groups is 1. The number of hydrogen-bond acceptors (Lipinski definition) is 4. The zero-order chi connectivity index (χ0) is 12.3. The summed E-state index contributed by atoms with van der Waals surface area (Å²) in [7, 11) is 0. The number of aldehydes is 1. The van der Waals surface area contributed by atoms with E-state index in [0.717, 1.165) is 31.4 Å². The molecule has 1 aliphatic rings. The number of rotatable bonds is 3. The summed E-state index contributed by atoms with van der Waals surface area (Å²) < 4.78 is 5.70. The molecule has 1 aliphatic carbocycles. The van der Waals surface area contributed by atoms with E-state index in [0.29, 0.717) is 17.7 Å². The maximum atomic E-state index is 10.9. The van der Waals surface area contributed by atoms with E-state index in [1.54, 1.807) is 12.1 Å². The first kappa shape index (κ1) is 12.0. The molecule has 2 unspecified atom stereocenters. The third-order valence-corrected chi connectivity index (χ3v) is 3.08. The summed E-state index contributed by atoms with van der Waals surface area (Å²) in [6.45, 7) is 1.83. The van der Waals surface area contributed by atoms with E-state index >= 15 is 0 Å². The molecule has 0 saturated heterocycles. The largest absolute Gasteiger partial charge is 0.485 e. The molecular weight excluding hydrogens is 218 g/mol. The molecule has 1 saturated carbocycles. The number of carbonyl (C=O) groups excluding carboxylic acids is 1. The normalized spacial score (nSPS) is 24.4. The standard InChI is InChI=1S/C13H17NO3/c1-9-6-7-12(10(8-15)14-9)17-13-5-3-2-4-11(13)16/h6-8,11,13,16H,2-5H2,1H3. The van der Waals surface area contributed by atoms with Crippen LogP contribution in [0.5, 0.6) is 5.75 Å². The molecule has 4 nitrogen and oxygen atoms in total. The van der Waals surface area contributed by atoms with Crippen LogP contribution in [0.1, 0.15) is 41.9 Å². The molecule has 2 rings (SSSR count). The summed E-state index contributed by atoms with van der Waals surface area (Å²) in [4.78, 5) is 15.0. The van der Waals surface area contributed by atoms with Crippen LogP contribution in [-0.4, -0.2) is 28.6 Å². The van der Waals surface area contributed by atoms with Crippen LogP contribution in [0.2, 0.25) is 0 Å². The van der Waals surface area contributed by atoms with Gasteiger partial charge in [0, 0.05) is 5.69 Å². The number of aromatic nitrogens is 1. The highest BCUT2D eigenvalue weighted by Gasteiger charge is 2.25. The molecule has 4 heteroatoms. The van der Waals surface area contributed by atoms with Gasteiger partial charge in [-0.3, -0.25) is 4.79 Å². The van der Waals surface area contributed by atoms with Gasteiger partial charge < -0.3 is 9.84 Å². The second-order valence-corrected chi connectivity index (χ2v) is 4.46. The van der Waals surface area contributed by atoms with Gasteiger partial charge >= 0.3 is 0 Å². The van der Waals surface area contributed by atoms with Gasteiger partial charge in [-0.2, -0.15) is 0 Å². The molecule has 1 aromatic rings. The zero-order valence-electron chi connectivity index (χ0n) is 9.93. The van der Waals surface area contributed by atoms with E-state index in [9.17, 15) is 9.90 Å². The molecule has 0 bridgehead atoms. The van der Waals surface area contributed by atoms with Crippen LogP contribution in [0.4, 0.5) is 0 Å². The highest BCUT2D eigenvalue weighted by Crippen LogP contribution is 2.25. The van der Waals surface area contributed by atoms with Crippen LogP contribution in [0.25, 0.3) is 0 Å². The van der Waals surface area contributed by atoms with Gasteiger partial charge in [0.15, 0.2) is 6.29 Å². The van der Waals surface area contributed by atoms with Gasteiger partial charge in [-0.1, -0.05) is 6.42 Å². The van der Waals surface area contributed by atoms with Crippen LogP contribution in [0, 0.1) is 6.92 Å². The van der Waals surface area contributed by atoms with Gasteiger partial charge in [0.25, 0.3) is 0 Å². The van der Waals surface area contributed by atoms with Crippen LogP contribution in [-0.2, 0) is 0 Å². The number of hydrogen-bond donors (Lipinski definition) is 1. The fraction of sp³-hybridized carbons (Fsp3) is 0.538. The maximum Gasteiger partial charge on any atom is 0.172 e. The molecule has 0 aromatic carbocycles. The predicted molar refractivity (Wildman–Crippen MR) is 63.3 cm³/mol. The van der Waals surface area contributed by atoms with E-state index in [4.69, 9.17) is 4.74 Å². The molecule has 0 aliphatic heterocycles. The van der Waals surface area contributed by atoms with Crippen molar-refractivity contribution in [2.24, 2.45) is 0 Å². The van der Waals surface area contributed by atoms with Gasteiger partial charge in [0.05, 0.1) is 6.10 Å². The monoisotopic (exact) mass is 235 g/mol. The Bertz CT molecular complexity index is 406. The number of nitrogens with zero attached hydrogens (tertiary/aromatic N) is 1. The van der Waals surface area contributed by atoms with Crippen LogP contribution in [0.3, 0.4) is 0 Å². The summed E-state index contributed by atoms with van der Waals surface area (Å²) in [5.74, 6) is 0.469. The Morgan fingerprint density at radius 2 is 2.18 bits per heavy atom. The van der Waals surface area contributed by atoms with E-state index in [2.05, 4.69) is 4.98 Å². The Labute approximate surface area is 101 Å². The number of aliphatic hydroxyl groups excluding tert-OH is 1. The summed E-state index contributed by atoms with van der Waals surface area (Å²) >= 11 is 0. The van der Waals surface area contributed by atoms with Crippen molar-refractivity contribution < 1.29 is 14.6 Å². The van der Waals surface area contributed by atoms with E-state index in [-0.39, 0.29) is 6.10 Å². The molecule has 0 radical (unpaired) electrons. The lowest BCUT2D eigenvalue weighted by Crippen LogP contribution is -2.34. The highest BCUT2D eigenvalue weighted by atomic mass is 16.5. The van der Waals surface area contributed by atoms with Crippen molar-refractivity contribution >= 4 is 6.29 Å². The average molecular weight is 235 g/mol. The Hall–Kier alpha value is -1.42. The zero-order valence-corrected chi connectivity index (χ0v) is 9.93. The lowest BCUT2D eigenvalue weighted by Gasteiger charge is -2.28. The van der Waals surface area contributed by atoms with Gasteiger partial charge in [0.1, 0.15) is 17.5 Å². The lowest BCUT2D eigenvalue weighted by molar-refractivity contribution is 0.00636. The van der Waals surface area contributed by atoms with Crippen LogP contribution in [0.15, 0.2) is 12.1 Å². The van der Waals surface area contributed by atoms with Gasteiger partial charge in [-0.25, -0.2) is 4.98 Å². The summed E-state index contributed by atoms with van der Waals surface area (Å²) in [6.07, 6.45) is 3.72. The number of aliphatic hydroxyl groups is 1. The second-order valence-electron chi connectivity index (χ2n) is 4.46. The molecule has 1 aromatic heterocycles. The van der Waals surface area contributed by atoms with Crippen molar-refractivity contribution in [1.82, 2.24) is 4.98 Å². The minimum absolute atomic E-state index is 0.216. The van der Waals surface area contributed by atoms with Crippen molar-refractivity contribution in [2.45, 2.75) is 44.8 Å². The van der Waals surface area contributed by atoms with Crippen molar-refractivity contribution in [1.29, 1.82) is 0 Å². The fourth-order valence-corrected chi connectivity index (χ4v) is 2.13. The average Bonchev–Trinajstić information content (AvgIpc) is 2.34. The van der Waals surface area contributed by atoms with E-state index in [1.807, 2.05) is 6.92 Å². The summed E-state index contributed by atoms with van der Waals surface area (Å²) in [5, 5.41) is 9.81. The predicted octanol–water partition coefficient (Wildman–Crippen LogP) is 1.88. The first-order valence-corrected chi connectivity index (χ1v) is 5.98. The Kier molecular flexibility index (Phi) is 3.74. The van der Waals surface area contributed by atoms with Gasteiger partial charge in [-0.05, 0) is 38.3 Å². The number of pyridine rings is 1. The topological polar surface area (TPSA) is 59.4 Å². The maximum absolute atomic E-state index is 10.9. The smallest absolute Gasteiger partial charge is 0.172 e. The minimum atomic E-state index is -0.440. The van der Waals surface area contributed by atoms with Crippen LogP contribution < -0.4 is 4.74 Å². The fourth-order valence-electron chi connectivity index (χ4n) is 2.13. The highest BCUT2D eigenvalue weighted by molar-refractivity contribution is 5.76. The van der Waals surface area contributed by atoms with Crippen molar-refractivity contribution in [2.75, 3.05) is 0 Å². The van der Waals surface area contributed by atoms with Crippen molar-refractivity contribution in [3.05, 3.63) is 23.5 Å². The summed E-state index contributed by atoms with van der Waals surface area (Å²) in [5.41, 5.74) is 1.09. The molecule has 0 amide bonds. The Balaban J connectivity index is 2.14. The number of aryl methyl sites for hydroxylation is 1. The third kappa shape index (κ3) is 2.82. The van der Waals surface area contributed by atoms with Crippen molar-refractivity contribution in [3.8, 4) is 5.75 Å². The molecule has 1 fully saturated rings. The summed E-state index contributed by atoms with van der Waals surface area (Å²) in [6, 6.07) is 3.55. The lowest BCUT2D eigenvalue weighted by atomic mass is 9.95. The second kappa shape index (κ2) is 5.27. The van der Waals surface area contributed by atoms with Crippen molar-refractivity contribution in [3.63, 3.8) is 0 Å².